The summed E-state index contributed by atoms with van der Waals surface area (Å²) in [7, 11) is -10.8. The van der Waals surface area contributed by atoms with E-state index in [1.807, 2.05) is 77.5 Å². The first-order valence-corrected chi connectivity index (χ1v) is 36.9. The van der Waals surface area contributed by atoms with Crippen molar-refractivity contribution >= 4 is 93.9 Å². The Hall–Kier alpha value is -8.51. The molecule has 0 unspecified atom stereocenters. The molecule has 0 saturated heterocycles. The molecule has 9 heterocycles. The molecule has 0 saturated carbocycles. The highest BCUT2D eigenvalue weighted by atomic mass is 79.9. The Bertz CT molecular complexity index is 4100. The number of rotatable bonds is 20. The van der Waals surface area contributed by atoms with Crippen molar-refractivity contribution in [1.29, 1.82) is 0 Å². The van der Waals surface area contributed by atoms with Gasteiger partial charge in [0.2, 0.25) is 0 Å². The summed E-state index contributed by atoms with van der Waals surface area (Å²) in [5.41, 5.74) is 16.8. The van der Waals surface area contributed by atoms with Gasteiger partial charge in [0.05, 0.1) is 57.1 Å². The van der Waals surface area contributed by atoms with E-state index in [9.17, 15) is 58.8 Å². The number of aromatic nitrogens is 6. The first-order chi connectivity index (χ1) is 44.8. The zero-order valence-electron chi connectivity index (χ0n) is 56.7. The Morgan fingerprint density at radius 3 is 1.27 bits per heavy atom. The molecule has 3 atom stereocenters. The van der Waals surface area contributed by atoms with Gasteiger partial charge in [-0.3, -0.25) is 32.9 Å². The average molecular weight is 1570 g/mol. The molecule has 32 heteroatoms. The molecule has 103 heavy (non-hydrogen) atoms. The number of terminal acetylenes is 1. The van der Waals surface area contributed by atoms with Crippen LogP contribution in [0.2, 0.25) is 0 Å². The Labute approximate surface area is 621 Å². The molecule has 0 radical (unpaired) electrons. The molecule has 0 aromatic carbocycles. The minimum absolute atomic E-state index is 0. The van der Waals surface area contributed by atoms with E-state index in [1.54, 1.807) is 60.6 Å². The van der Waals surface area contributed by atoms with Crippen molar-refractivity contribution < 1.29 is 78.2 Å². The number of aryl methyl sites for hydroxylation is 5. The lowest BCUT2D eigenvalue weighted by molar-refractivity contribution is -0.147. The second kappa shape index (κ2) is 45.6. The number of nitrogens with one attached hydrogen (secondary N) is 4. The summed E-state index contributed by atoms with van der Waals surface area (Å²) in [6, 6.07) is 10.9. The summed E-state index contributed by atoms with van der Waals surface area (Å²) in [6.07, 6.45) is 21.4. The summed E-state index contributed by atoms with van der Waals surface area (Å²) in [5.74, 6) is 0.215. The number of fused-ring (bicyclic) bond motifs is 3. The molecule has 0 aliphatic carbocycles. The van der Waals surface area contributed by atoms with Crippen LogP contribution in [-0.4, -0.2) is 189 Å². The molecular formula is C71H118BrN11O17S3. The smallest absolute Gasteiger partial charge is 0.328 e. The van der Waals surface area contributed by atoms with Crippen molar-refractivity contribution in [3.8, 4) is 12.3 Å². The monoisotopic (exact) mass is 1570 g/mol. The fourth-order valence-corrected chi connectivity index (χ4v) is 12.8. The fourth-order valence-electron chi connectivity index (χ4n) is 9.24. The van der Waals surface area contributed by atoms with Crippen molar-refractivity contribution in [2.45, 2.75) is 188 Å². The number of aromatic amines is 3. The molecule has 6 aromatic heterocycles. The third-order valence-corrected chi connectivity index (χ3v) is 21.9. The maximum absolute atomic E-state index is 12.3. The van der Waals surface area contributed by atoms with Crippen LogP contribution in [0.25, 0.3) is 0 Å². The summed E-state index contributed by atoms with van der Waals surface area (Å²) in [6.45, 7) is 21.5. The topological polar surface area (TPSA) is 389 Å². The highest BCUT2D eigenvalue weighted by Crippen LogP contribution is 2.29. The molecule has 0 fully saturated rings. The van der Waals surface area contributed by atoms with Crippen molar-refractivity contribution in [2.24, 2.45) is 10.9 Å². The molecular weight excluding hydrogens is 1450 g/mol. The number of alkyl halides is 1. The van der Waals surface area contributed by atoms with E-state index in [2.05, 4.69) is 47.3 Å². The molecule has 0 spiro atoms. The largest absolute Gasteiger partial charge is 0.465 e. The maximum Gasteiger partial charge on any atom is 0.328 e. The summed E-state index contributed by atoms with van der Waals surface area (Å²) < 4.78 is 85.6. The molecule has 6 aromatic rings. The number of nitrogens with two attached hydrogens (primary N) is 1. The van der Waals surface area contributed by atoms with Gasteiger partial charge in [0.15, 0.2) is 50.0 Å². The van der Waals surface area contributed by atoms with Gasteiger partial charge < -0.3 is 55.2 Å². The first-order valence-electron chi connectivity index (χ1n) is 30.1. The van der Waals surface area contributed by atoms with Crippen LogP contribution in [0.1, 0.15) is 185 Å². The molecule has 3 aliphatic rings. The number of esters is 3. The number of carbonyl (C=O) groups is 7. The van der Waals surface area contributed by atoms with E-state index in [1.165, 1.54) is 46.9 Å². The van der Waals surface area contributed by atoms with Crippen molar-refractivity contribution in [2.75, 3.05) is 57.0 Å². The molecule has 3 aliphatic heterocycles. The van der Waals surface area contributed by atoms with Crippen LogP contribution >= 0.6 is 15.9 Å². The van der Waals surface area contributed by atoms with Crippen LogP contribution in [0.15, 0.2) is 78.7 Å². The van der Waals surface area contributed by atoms with Crippen LogP contribution < -0.4 is 11.1 Å². The number of halogens is 1. The number of amides is 3. The number of nitrogens with zero attached hydrogens (tertiary/aromatic N) is 6. The molecule has 7 N–H and O–H groups in total. The van der Waals surface area contributed by atoms with E-state index in [-0.39, 0.29) is 122 Å². The predicted octanol–water partition coefficient (Wildman–Crippen LogP) is 11.9. The van der Waals surface area contributed by atoms with E-state index in [4.69, 9.17) is 31.6 Å². The van der Waals surface area contributed by atoms with Gasteiger partial charge >= 0.3 is 36.0 Å². The number of hydrogen-bond donors (Lipinski definition) is 6. The molecule has 0 bridgehead atoms. The van der Waals surface area contributed by atoms with Crippen molar-refractivity contribution in [3.05, 3.63) is 141 Å². The van der Waals surface area contributed by atoms with Crippen LogP contribution in [0.5, 0.6) is 0 Å². The second-order valence-electron chi connectivity index (χ2n) is 23.2. The minimum Gasteiger partial charge on any atom is -0.465 e. The highest BCUT2D eigenvalue weighted by Gasteiger charge is 2.48. The summed E-state index contributed by atoms with van der Waals surface area (Å²) >= 11 is 3.12. The first kappa shape index (κ1) is 103. The quantitative estimate of drug-likeness (QED) is 0.00604. The molecule has 3 amide bonds. The molecule has 584 valence electrons. The van der Waals surface area contributed by atoms with Gasteiger partial charge in [-0.15, -0.1) is 6.42 Å². The molecule has 9 rings (SSSR count). The van der Waals surface area contributed by atoms with Gasteiger partial charge in [-0.2, -0.15) is 0 Å². The van der Waals surface area contributed by atoms with Crippen molar-refractivity contribution in [1.82, 2.24) is 43.8 Å². The van der Waals surface area contributed by atoms with Crippen LogP contribution in [0.3, 0.4) is 0 Å². The third-order valence-electron chi connectivity index (χ3n) is 15.4. The number of carbonyl (C=O) groups excluding carboxylic acids is 7. The number of aldehydes is 1. The van der Waals surface area contributed by atoms with Gasteiger partial charge in [-0.1, -0.05) is 79.0 Å². The summed E-state index contributed by atoms with van der Waals surface area (Å²) in [5, 5.41) is 14.1. The summed E-state index contributed by atoms with van der Waals surface area (Å²) in [4.78, 5) is 93.0. The Kier molecular flexibility index (Phi) is 45.6. The minimum atomic E-state index is -3.71. The van der Waals surface area contributed by atoms with E-state index >= 15 is 0 Å². The van der Waals surface area contributed by atoms with E-state index in [0.717, 1.165) is 75.8 Å². The predicted molar refractivity (Wildman–Crippen MR) is 414 cm³/mol. The number of sulfone groups is 3. The fraction of sp³-hybridized carbons (Fsp3) is 0.521. The van der Waals surface area contributed by atoms with Crippen LogP contribution in [0.4, 0.5) is 14.4 Å². The van der Waals surface area contributed by atoms with E-state index in [0.29, 0.717) is 42.8 Å². The number of oxime groups is 1. The second-order valence-corrected chi connectivity index (χ2v) is 31.3. The maximum atomic E-state index is 12.3. The Balaban J connectivity index is -0.000000374. The van der Waals surface area contributed by atoms with Gasteiger partial charge in [-0.25, -0.2) is 39.6 Å². The van der Waals surface area contributed by atoms with Crippen LogP contribution in [-0.2, 0) is 84.3 Å². The van der Waals surface area contributed by atoms with Gasteiger partial charge in [0.25, 0.3) is 0 Å². The van der Waals surface area contributed by atoms with Gasteiger partial charge in [0.1, 0.15) is 0 Å². The lowest BCUT2D eigenvalue weighted by Gasteiger charge is -2.27. The Morgan fingerprint density at radius 2 is 0.971 bits per heavy atom. The van der Waals surface area contributed by atoms with E-state index < -0.39 is 61.7 Å². The lowest BCUT2D eigenvalue weighted by atomic mass is 10.1. The third kappa shape index (κ3) is 28.2. The zero-order chi connectivity index (χ0) is 72.7. The number of H-pyrrole nitrogens is 3. The van der Waals surface area contributed by atoms with Crippen molar-refractivity contribution in [3.63, 3.8) is 0 Å². The SMILES string of the molecule is C.C.C.C.C.C.C.C#Cc1cc2n(c1)C(=O)N(CC[C@](C)(C(=O)OCC)S(C)(=O)=O)C2.CCOC(=O)[C@@](C)(CCBr)S(C)(=O)=O.CCOC(=O)[C@@](C)(CCN1Cc2cc(C)cn2C1=O)S(C)(=O)=O.Cc1c[nH]c(C=NO)c1.Cc1c[nH]c(C=O)c1.Cc1c[nH]c(CN)c1.Cc1cc2n(c1)C(=O)NC2. The van der Waals surface area contributed by atoms with Gasteiger partial charge in [0, 0.05) is 109 Å². The average Bonchev–Trinajstić information content (AvgIpc) is 1.70. The highest BCUT2D eigenvalue weighted by molar-refractivity contribution is 9.09. The lowest BCUT2D eigenvalue weighted by Crippen LogP contribution is -2.47. The zero-order valence-corrected chi connectivity index (χ0v) is 60.7. The van der Waals surface area contributed by atoms with Crippen LogP contribution in [0, 0.1) is 47.0 Å². The Morgan fingerprint density at radius 1 is 0.592 bits per heavy atom. The number of ether oxygens (including phenoxy) is 3. The standard InChI is InChI=1S/C16H20N2O5S.C15H22N2O5S.C8H15BrO4S.C7H8N2O.C6H8N2O.C6H10N2.C6H7NO.7CH4/c1-5-12-9-13-11-17(15(20)18(13)10-12)8-7-16(3,24(4,21)22)14(19)23-6-2;1-5-22-13(18)15(3,23(4,20)21)6-7-16-10-12-8-11(2)9-17(12)14(16)19;1-4-13-7(10)8(2,5-6-9)14(3,11)12;1-5-2-6-3-8-7(10)9(6)4-5;1-5-2-6(4-8-9)7-3-5;1-5-2-6(3-7)8-4-5;1-5-2-6(4-8)7-3-5;;;;;;;/h1,9-10H,6-8,11H2,2-4H3;8-9H,5-7,10H2,1-4H3;4-6H2,1-3H3;2,4H,3H2,1H3,(H,8,10);2-4,7,9H,1H3;2,4,8H,3,7H2,1H3;2-4,7H,1H3;7*1H4/t16-;15-;8-;;;;;;;;;;;/m111.........../s1. The normalized spacial score (nSPS) is 13.7. The molecule has 28 nitrogen and oxygen atoms in total. The van der Waals surface area contributed by atoms with Gasteiger partial charge in [-0.05, 0) is 160 Å². The number of hydrogen-bond acceptors (Lipinski definition) is 19.